The van der Waals surface area contributed by atoms with Crippen LogP contribution in [0.1, 0.15) is 58.3 Å². The van der Waals surface area contributed by atoms with Gasteiger partial charge in [-0.25, -0.2) is 14.4 Å². The van der Waals surface area contributed by atoms with Gasteiger partial charge in [0.2, 0.25) is 0 Å². The van der Waals surface area contributed by atoms with Crippen molar-refractivity contribution in [3.8, 4) is 0 Å². The lowest BCUT2D eigenvalue weighted by Crippen LogP contribution is -2.57. The Kier molecular flexibility index (Phi) is 12.4. The molecule has 7 heteroatoms. The van der Waals surface area contributed by atoms with E-state index < -0.39 is 42.0 Å². The zero-order valence-corrected chi connectivity index (χ0v) is 15.2. The molecule has 0 bridgehead atoms. The predicted molar refractivity (Wildman–Crippen MR) is 94.4 cm³/mol. The van der Waals surface area contributed by atoms with Crippen LogP contribution in [0.3, 0.4) is 0 Å². The Morgan fingerprint density at radius 3 is 1.60 bits per heavy atom. The van der Waals surface area contributed by atoms with Crippen molar-refractivity contribution in [2.24, 2.45) is 0 Å². The molecule has 0 aromatic carbocycles. The molecule has 7 nitrogen and oxygen atoms in total. The molecule has 0 unspecified atom stereocenters. The number of carboxylic acids is 3. The maximum Gasteiger partial charge on any atom is 0.359 e. The molecular weight excluding hydrogens is 326 g/mol. The Hall–Kier alpha value is -1.89. The van der Waals surface area contributed by atoms with Crippen LogP contribution in [0.2, 0.25) is 0 Å². The van der Waals surface area contributed by atoms with Gasteiger partial charge in [0.1, 0.15) is 0 Å². The lowest BCUT2D eigenvalue weighted by Gasteiger charge is -2.34. The summed E-state index contributed by atoms with van der Waals surface area (Å²) in [4.78, 5) is 33.2. The van der Waals surface area contributed by atoms with E-state index in [2.05, 4.69) is 19.1 Å². The van der Waals surface area contributed by atoms with Crippen molar-refractivity contribution in [1.82, 2.24) is 0 Å². The molecule has 0 aromatic heterocycles. The topological polar surface area (TPSA) is 112 Å². The van der Waals surface area contributed by atoms with Crippen molar-refractivity contribution in [3.05, 3.63) is 12.2 Å². The minimum atomic E-state index is -1.18. The second kappa shape index (κ2) is 13.4. The number of carbonyl (C=O) groups is 3. The first-order valence-corrected chi connectivity index (χ1v) is 8.97. The second-order valence-electron chi connectivity index (χ2n) is 6.54. The summed E-state index contributed by atoms with van der Waals surface area (Å²) in [5, 5.41) is 27.1. The molecule has 0 rings (SSSR count). The molecule has 0 amide bonds. The number of nitrogens with zero attached hydrogens (tertiary/aromatic N) is 1. The van der Waals surface area contributed by atoms with Crippen molar-refractivity contribution >= 4 is 17.9 Å². The Morgan fingerprint density at radius 1 is 0.720 bits per heavy atom. The lowest BCUT2D eigenvalue weighted by molar-refractivity contribution is -0.907. The molecule has 0 aliphatic carbocycles. The van der Waals surface area contributed by atoms with Crippen LogP contribution in [-0.2, 0) is 14.4 Å². The van der Waals surface area contributed by atoms with Crippen LogP contribution in [-0.4, -0.2) is 63.9 Å². The van der Waals surface area contributed by atoms with Crippen LogP contribution in [0, 0.1) is 0 Å². The molecular formula is C18H32NO6+. The van der Waals surface area contributed by atoms with E-state index in [-0.39, 0.29) is 6.54 Å². The van der Waals surface area contributed by atoms with Crippen LogP contribution in [0.25, 0.3) is 0 Å². The first kappa shape index (κ1) is 23.1. The van der Waals surface area contributed by atoms with Gasteiger partial charge >= 0.3 is 17.9 Å². The van der Waals surface area contributed by atoms with Gasteiger partial charge in [-0.15, -0.1) is 0 Å². The molecule has 0 fully saturated rings. The molecule has 0 atom stereocenters. The molecule has 0 aliphatic rings. The lowest BCUT2D eigenvalue weighted by atomic mass is 10.1. The zero-order chi connectivity index (χ0) is 19.1. The van der Waals surface area contributed by atoms with Crippen LogP contribution in [0.5, 0.6) is 0 Å². The first-order chi connectivity index (χ1) is 11.8. The number of hydrogen-bond acceptors (Lipinski definition) is 3. The van der Waals surface area contributed by atoms with E-state index in [0.29, 0.717) is 6.42 Å². The number of aliphatic carboxylic acids is 3. The Labute approximate surface area is 149 Å². The Balaban J connectivity index is 4.32. The monoisotopic (exact) mass is 358 g/mol. The number of hydrogen-bond donors (Lipinski definition) is 3. The first-order valence-electron chi connectivity index (χ1n) is 8.97. The van der Waals surface area contributed by atoms with Gasteiger partial charge < -0.3 is 15.3 Å². The standard InChI is InChI=1S/C18H31NO6/c1-2-3-4-5-6-7-8-9-10-11-12-19(13-16(20)21,14-17(22)23)15-18(24)25/h5-6H,2-4,7-15H2,1H3,(H2-,20,21,22,23,24,25)/p+1/b6-5+. The van der Waals surface area contributed by atoms with Gasteiger partial charge in [0, 0.05) is 0 Å². The fraction of sp³-hybridized carbons (Fsp3) is 0.722. The van der Waals surface area contributed by atoms with E-state index in [1.54, 1.807) is 0 Å². The molecule has 0 aromatic rings. The van der Waals surface area contributed by atoms with Crippen molar-refractivity contribution in [2.75, 3.05) is 26.2 Å². The largest absolute Gasteiger partial charge is 0.477 e. The predicted octanol–water partition coefficient (Wildman–Crippen LogP) is 2.75. The molecule has 0 saturated heterocycles. The van der Waals surface area contributed by atoms with Gasteiger partial charge in [0.05, 0.1) is 6.54 Å². The molecule has 3 N–H and O–H groups in total. The SMILES string of the molecule is CCCC/C=C/CCCCCC[N+](CC(=O)O)(CC(=O)O)CC(=O)O. The normalized spacial score (nSPS) is 11.7. The van der Waals surface area contributed by atoms with Gasteiger partial charge in [-0.3, -0.25) is 4.48 Å². The highest BCUT2D eigenvalue weighted by Crippen LogP contribution is 2.13. The van der Waals surface area contributed by atoms with E-state index in [1.807, 2.05) is 0 Å². The van der Waals surface area contributed by atoms with E-state index in [1.165, 1.54) is 12.8 Å². The highest BCUT2D eigenvalue weighted by atomic mass is 16.4. The molecule has 0 heterocycles. The summed E-state index contributed by atoms with van der Waals surface area (Å²) in [5.41, 5.74) is 0. The van der Waals surface area contributed by atoms with Gasteiger partial charge in [-0.05, 0) is 32.1 Å². The molecule has 144 valence electrons. The summed E-state index contributed by atoms with van der Waals surface area (Å²) >= 11 is 0. The van der Waals surface area contributed by atoms with Crippen molar-refractivity contribution in [3.63, 3.8) is 0 Å². The molecule has 0 spiro atoms. The Bertz CT molecular complexity index is 406. The van der Waals surface area contributed by atoms with E-state index in [9.17, 15) is 14.4 Å². The van der Waals surface area contributed by atoms with Gasteiger partial charge in [0.15, 0.2) is 19.6 Å². The molecule has 0 saturated carbocycles. The fourth-order valence-electron chi connectivity index (χ4n) is 2.89. The summed E-state index contributed by atoms with van der Waals surface area (Å²) in [6, 6.07) is 0. The molecule has 25 heavy (non-hydrogen) atoms. The number of carboxylic acid groups (broad SMARTS) is 3. The van der Waals surface area contributed by atoms with Crippen LogP contribution in [0.15, 0.2) is 12.2 Å². The summed E-state index contributed by atoms with van der Waals surface area (Å²) in [6.45, 7) is 0.943. The van der Waals surface area contributed by atoms with Crippen molar-refractivity contribution in [2.45, 2.75) is 58.3 Å². The molecule has 0 aliphatic heterocycles. The minimum absolute atomic E-state index is 0.247. The van der Waals surface area contributed by atoms with Crippen molar-refractivity contribution in [1.29, 1.82) is 0 Å². The minimum Gasteiger partial charge on any atom is -0.477 e. The van der Waals surface area contributed by atoms with E-state index in [0.717, 1.165) is 32.1 Å². The summed E-state index contributed by atoms with van der Waals surface area (Å²) < 4.78 is -0.447. The average Bonchev–Trinajstić information content (AvgIpc) is 2.47. The third-order valence-electron chi connectivity index (χ3n) is 4.06. The van der Waals surface area contributed by atoms with E-state index in [4.69, 9.17) is 15.3 Å². The second-order valence-corrected chi connectivity index (χ2v) is 6.54. The van der Waals surface area contributed by atoms with Crippen LogP contribution in [0.4, 0.5) is 0 Å². The maximum atomic E-state index is 11.1. The quantitative estimate of drug-likeness (QED) is 0.222. The number of allylic oxidation sites excluding steroid dienone is 2. The Morgan fingerprint density at radius 2 is 1.16 bits per heavy atom. The fourth-order valence-corrected chi connectivity index (χ4v) is 2.89. The summed E-state index contributed by atoms with van der Waals surface area (Å²) in [7, 11) is 0. The number of unbranched alkanes of at least 4 members (excludes halogenated alkanes) is 6. The van der Waals surface area contributed by atoms with Gasteiger partial charge in [-0.2, -0.15) is 0 Å². The van der Waals surface area contributed by atoms with Gasteiger partial charge in [0.25, 0.3) is 0 Å². The smallest absolute Gasteiger partial charge is 0.359 e. The van der Waals surface area contributed by atoms with Crippen molar-refractivity contribution < 1.29 is 34.2 Å². The van der Waals surface area contributed by atoms with Gasteiger partial charge in [-0.1, -0.05) is 38.3 Å². The summed E-state index contributed by atoms with van der Waals surface area (Å²) in [5.74, 6) is -3.54. The highest BCUT2D eigenvalue weighted by Gasteiger charge is 2.35. The third-order valence-corrected chi connectivity index (χ3v) is 4.06. The van der Waals surface area contributed by atoms with Crippen LogP contribution >= 0.6 is 0 Å². The average molecular weight is 358 g/mol. The molecule has 0 radical (unpaired) electrons. The third kappa shape index (κ3) is 13.1. The number of rotatable bonds is 16. The maximum absolute atomic E-state index is 11.1. The highest BCUT2D eigenvalue weighted by molar-refractivity contribution is 5.73. The summed E-state index contributed by atoms with van der Waals surface area (Å²) in [6.07, 6.45) is 12.3. The van der Waals surface area contributed by atoms with E-state index >= 15 is 0 Å². The van der Waals surface area contributed by atoms with Crippen LogP contribution < -0.4 is 0 Å². The zero-order valence-electron chi connectivity index (χ0n) is 15.2. The number of quaternary nitrogens is 1.